The number of halogens is 3. The molecule has 1 aromatic carbocycles. The summed E-state index contributed by atoms with van der Waals surface area (Å²) in [6, 6.07) is 4.37. The van der Waals surface area contributed by atoms with Gasteiger partial charge in [0.05, 0.1) is 23.1 Å². The maximum absolute atomic E-state index is 13.9. The number of hydrogen-bond acceptors (Lipinski definition) is 9. The Morgan fingerprint density at radius 2 is 1.88 bits per heavy atom. The third-order valence-electron chi connectivity index (χ3n) is 5.80. The highest BCUT2D eigenvalue weighted by atomic mass is 19.4. The first-order valence-corrected chi connectivity index (χ1v) is 12.5. The quantitative estimate of drug-likeness (QED) is 0.234. The van der Waals surface area contributed by atoms with Crippen LogP contribution >= 0.6 is 0 Å². The molecule has 3 rings (SSSR count). The van der Waals surface area contributed by atoms with Gasteiger partial charge in [0, 0.05) is 37.2 Å². The van der Waals surface area contributed by atoms with E-state index in [0.29, 0.717) is 24.8 Å². The summed E-state index contributed by atoms with van der Waals surface area (Å²) in [7, 11) is 5.62. The van der Waals surface area contributed by atoms with Gasteiger partial charge >= 0.3 is 6.18 Å². The predicted octanol–water partition coefficient (Wildman–Crippen LogP) is 4.62. The minimum atomic E-state index is -4.77. The zero-order valence-corrected chi connectivity index (χ0v) is 23.8. The van der Waals surface area contributed by atoms with Crippen LogP contribution in [-0.2, 0) is 11.6 Å². The molecule has 0 atom stereocenters. The Kier molecular flexibility index (Phi) is 9.38. The number of likely N-dealkylation sites (N-methyl/N-ethyl adjacent to an activating group) is 2. The summed E-state index contributed by atoms with van der Waals surface area (Å²) in [5.41, 5.74) is 4.47. The summed E-state index contributed by atoms with van der Waals surface area (Å²) in [4.78, 5) is 29.5. The zero-order valence-electron chi connectivity index (χ0n) is 23.8. The van der Waals surface area contributed by atoms with Gasteiger partial charge in [-0.1, -0.05) is 32.5 Å². The molecule has 0 bridgehead atoms. The van der Waals surface area contributed by atoms with E-state index in [1.165, 1.54) is 12.4 Å². The molecule has 0 saturated heterocycles. The summed E-state index contributed by atoms with van der Waals surface area (Å²) in [5, 5.41) is 9.17. The molecule has 0 aliphatic heterocycles. The van der Waals surface area contributed by atoms with Crippen molar-refractivity contribution in [3.63, 3.8) is 0 Å². The molecule has 0 radical (unpaired) electrons. The number of carbonyl (C=O) groups excluding carboxylic acids is 1. The highest BCUT2D eigenvalue weighted by molar-refractivity contribution is 6.05. The summed E-state index contributed by atoms with van der Waals surface area (Å²) >= 11 is 0. The lowest BCUT2D eigenvalue weighted by Crippen LogP contribution is -2.30. The molecule has 3 aromatic rings. The van der Waals surface area contributed by atoms with Crippen molar-refractivity contribution in [3.8, 4) is 0 Å². The Labute approximate surface area is 236 Å². The molecule has 4 N–H and O–H groups in total. The van der Waals surface area contributed by atoms with Crippen LogP contribution in [0.2, 0.25) is 0 Å². The van der Waals surface area contributed by atoms with Crippen molar-refractivity contribution in [2.75, 3.05) is 49.8 Å². The second kappa shape index (κ2) is 12.4. The zero-order chi connectivity index (χ0) is 30.5. The van der Waals surface area contributed by atoms with Crippen molar-refractivity contribution in [3.05, 3.63) is 65.8 Å². The van der Waals surface area contributed by atoms with Gasteiger partial charge in [-0.05, 0) is 38.5 Å². The van der Waals surface area contributed by atoms with Crippen LogP contribution in [0.25, 0.3) is 0 Å². The van der Waals surface area contributed by atoms with E-state index in [2.05, 4.69) is 37.3 Å². The normalized spacial score (nSPS) is 12.4. The fourth-order valence-corrected chi connectivity index (χ4v) is 3.48. The van der Waals surface area contributed by atoms with Crippen LogP contribution in [0.4, 0.5) is 36.3 Å². The van der Waals surface area contributed by atoms with Crippen molar-refractivity contribution < 1.29 is 22.5 Å². The molecule has 2 aromatic heterocycles. The maximum atomic E-state index is 13.9. The van der Waals surface area contributed by atoms with Gasteiger partial charge in [-0.2, -0.15) is 13.2 Å². The molecule has 220 valence electrons. The Balaban J connectivity index is 2.02. The maximum Gasteiger partial charge on any atom is 0.418 e. The largest absolute Gasteiger partial charge is 0.418 e. The highest BCUT2D eigenvalue weighted by Crippen LogP contribution is 2.37. The molecule has 41 heavy (non-hydrogen) atoms. The monoisotopic (exact) mass is 573 g/mol. The first kappa shape index (κ1) is 31.1. The number of amidine groups is 1. The van der Waals surface area contributed by atoms with E-state index in [4.69, 9.17) is 10.3 Å². The first-order chi connectivity index (χ1) is 19.1. The molecule has 0 unspecified atom stereocenters. The number of benzene rings is 1. The van der Waals surface area contributed by atoms with Crippen LogP contribution in [0.1, 0.15) is 48.1 Å². The Morgan fingerprint density at radius 1 is 1.17 bits per heavy atom. The fraction of sp³-hybridized carbons (Fsp3) is 0.370. The van der Waals surface area contributed by atoms with Gasteiger partial charge < -0.3 is 30.7 Å². The number of rotatable bonds is 10. The third-order valence-corrected chi connectivity index (χ3v) is 5.80. The van der Waals surface area contributed by atoms with Crippen LogP contribution < -0.4 is 21.3 Å². The molecule has 0 aliphatic carbocycles. The second-order valence-electron chi connectivity index (χ2n) is 10.5. The van der Waals surface area contributed by atoms with E-state index in [1.54, 1.807) is 18.0 Å². The molecule has 0 saturated carbocycles. The summed E-state index contributed by atoms with van der Waals surface area (Å²) in [6.45, 7) is 10.6. The number of anilines is 3. The molecule has 0 aliphatic rings. The summed E-state index contributed by atoms with van der Waals surface area (Å²) in [6.07, 6.45) is -1.98. The van der Waals surface area contributed by atoms with E-state index >= 15 is 0 Å². The second-order valence-corrected chi connectivity index (χ2v) is 10.5. The Morgan fingerprint density at radius 3 is 2.46 bits per heavy atom. The van der Waals surface area contributed by atoms with Gasteiger partial charge in [0.1, 0.15) is 11.5 Å². The van der Waals surface area contributed by atoms with Crippen molar-refractivity contribution >= 4 is 34.9 Å². The molecular formula is C27H34F3N9O2. The molecular weight excluding hydrogens is 539 g/mol. The van der Waals surface area contributed by atoms with Gasteiger partial charge in [0.2, 0.25) is 5.95 Å². The molecule has 0 fully saturated rings. The highest BCUT2D eigenvalue weighted by Gasteiger charge is 2.34. The molecule has 1 amide bonds. The lowest BCUT2D eigenvalue weighted by Gasteiger charge is -2.20. The smallest absolute Gasteiger partial charge is 0.382 e. The number of nitrogens with two attached hydrogens (primary N) is 1. The number of aromatic nitrogens is 3. The van der Waals surface area contributed by atoms with Crippen molar-refractivity contribution in [1.29, 1.82) is 0 Å². The van der Waals surface area contributed by atoms with Gasteiger partial charge in [0.15, 0.2) is 11.7 Å². The van der Waals surface area contributed by atoms with Crippen LogP contribution in [0.15, 0.2) is 52.8 Å². The summed E-state index contributed by atoms with van der Waals surface area (Å²) < 4.78 is 47.0. The third kappa shape index (κ3) is 8.03. The van der Waals surface area contributed by atoms with E-state index in [9.17, 15) is 18.0 Å². The fourth-order valence-electron chi connectivity index (χ4n) is 3.48. The summed E-state index contributed by atoms with van der Waals surface area (Å²) in [5.74, 6) is -0.0898. The minimum absolute atomic E-state index is 0.0619. The van der Waals surface area contributed by atoms with Crippen molar-refractivity contribution in [1.82, 2.24) is 20.0 Å². The van der Waals surface area contributed by atoms with Crippen LogP contribution in [0.3, 0.4) is 0 Å². The number of amides is 1. The number of carbonyl (C=O) groups is 1. The average Bonchev–Trinajstić information content (AvgIpc) is 3.36. The van der Waals surface area contributed by atoms with Gasteiger partial charge in [-0.25, -0.2) is 15.0 Å². The van der Waals surface area contributed by atoms with E-state index in [-0.39, 0.29) is 34.0 Å². The Bertz CT molecular complexity index is 1430. The molecule has 2 heterocycles. The van der Waals surface area contributed by atoms with Gasteiger partial charge in [-0.3, -0.25) is 4.79 Å². The van der Waals surface area contributed by atoms with Crippen molar-refractivity contribution in [2.24, 2.45) is 10.7 Å². The first-order valence-electron chi connectivity index (χ1n) is 12.5. The molecule has 0 spiro atoms. The number of nitrogens with zero attached hydrogens (tertiary/aromatic N) is 6. The standard InChI is InChI=1S/C27H34F3N9O2/c1-8-32-19-15-33-25(39(7)12-11-38(5)6)36-22(19)23(31)34-18-13-16(9-10-17(18)27(28,29)30)24(40)35-21-14-20(41-37-21)26(2,3)4/h8-10,13-15,32H,1,11-12H2,2-7H3,(H2,31,34)(H,35,37,40). The lowest BCUT2D eigenvalue weighted by atomic mass is 9.93. The number of hydrogen-bond donors (Lipinski definition) is 3. The average molecular weight is 574 g/mol. The van der Waals surface area contributed by atoms with Crippen LogP contribution in [0.5, 0.6) is 0 Å². The number of alkyl halides is 3. The van der Waals surface area contributed by atoms with Crippen LogP contribution in [0, 0.1) is 0 Å². The van der Waals surface area contributed by atoms with E-state index < -0.39 is 23.3 Å². The van der Waals surface area contributed by atoms with Crippen molar-refractivity contribution in [2.45, 2.75) is 32.4 Å². The topological polar surface area (TPSA) is 138 Å². The minimum Gasteiger partial charge on any atom is -0.382 e. The molecule has 11 nitrogen and oxygen atoms in total. The van der Waals surface area contributed by atoms with Gasteiger partial charge in [0.25, 0.3) is 5.91 Å². The van der Waals surface area contributed by atoms with E-state index in [0.717, 1.165) is 18.2 Å². The number of nitrogens with one attached hydrogen (secondary N) is 2. The predicted molar refractivity (Wildman–Crippen MR) is 153 cm³/mol. The lowest BCUT2D eigenvalue weighted by molar-refractivity contribution is -0.137. The number of aliphatic imine (C=N–C) groups is 1. The Hall–Kier alpha value is -4.46. The van der Waals surface area contributed by atoms with Gasteiger partial charge in [-0.15, -0.1) is 0 Å². The van der Waals surface area contributed by atoms with Crippen LogP contribution in [-0.4, -0.2) is 66.0 Å². The molecule has 14 heteroatoms. The van der Waals surface area contributed by atoms with E-state index in [1.807, 2.05) is 39.8 Å². The SMILES string of the molecule is C=CNc1cnc(N(C)CCN(C)C)nc1C(N)=Nc1cc(C(=O)Nc2cc(C(C)(C)C)on2)ccc1C(F)(F)F.